The second kappa shape index (κ2) is 9.21. The van der Waals surface area contributed by atoms with Crippen molar-refractivity contribution in [3.05, 3.63) is 110 Å². The smallest absolute Gasteiger partial charge is 0.293 e. The predicted molar refractivity (Wildman–Crippen MR) is 138 cm³/mol. The number of para-hydroxylation sites is 1. The molecule has 0 atom stereocenters. The number of halogens is 2. The number of carbonyl (C=O) groups excluding carboxylic acids is 2. The molecular formula is C26H18BrClN2O2S. The molecule has 1 fully saturated rings. The van der Waals surface area contributed by atoms with Gasteiger partial charge in [-0.15, -0.1) is 0 Å². The number of aromatic nitrogens is 1. The van der Waals surface area contributed by atoms with Crippen LogP contribution in [0, 0.1) is 0 Å². The third-order valence-corrected chi connectivity index (χ3v) is 7.34. The second-order valence-corrected chi connectivity index (χ2v) is 10.0. The molecule has 0 saturated carbocycles. The predicted octanol–water partition coefficient (Wildman–Crippen LogP) is 7.34. The molecule has 0 aliphatic carbocycles. The fourth-order valence-corrected chi connectivity index (χ4v) is 5.17. The van der Waals surface area contributed by atoms with Gasteiger partial charge in [-0.1, -0.05) is 76.1 Å². The van der Waals surface area contributed by atoms with Crippen LogP contribution in [0.4, 0.5) is 4.79 Å². The number of hydrogen-bond donors (Lipinski definition) is 0. The summed E-state index contributed by atoms with van der Waals surface area (Å²) in [6.07, 6.45) is 3.85. The van der Waals surface area contributed by atoms with E-state index in [2.05, 4.69) is 38.7 Å². The Morgan fingerprint density at radius 3 is 2.42 bits per heavy atom. The maximum atomic E-state index is 13.1. The van der Waals surface area contributed by atoms with Gasteiger partial charge in [-0.25, -0.2) is 0 Å². The second-order valence-electron chi connectivity index (χ2n) is 7.72. The molecule has 3 aromatic carbocycles. The molecule has 1 aliphatic heterocycles. The Morgan fingerprint density at radius 2 is 1.64 bits per heavy atom. The Hall–Kier alpha value is -2.80. The lowest BCUT2D eigenvalue weighted by atomic mass is 10.1. The van der Waals surface area contributed by atoms with E-state index in [0.29, 0.717) is 16.5 Å². The zero-order valence-corrected chi connectivity index (χ0v) is 20.5. The Labute approximate surface area is 209 Å². The zero-order valence-electron chi connectivity index (χ0n) is 17.4. The van der Waals surface area contributed by atoms with Crippen molar-refractivity contribution in [2.24, 2.45) is 0 Å². The minimum atomic E-state index is -0.297. The van der Waals surface area contributed by atoms with E-state index in [1.54, 1.807) is 6.07 Å². The lowest BCUT2D eigenvalue weighted by Crippen LogP contribution is -2.27. The minimum Gasteiger partial charge on any atom is -0.342 e. The average molecular weight is 538 g/mol. The Morgan fingerprint density at radius 1 is 0.909 bits per heavy atom. The number of nitrogens with zero attached hydrogens (tertiary/aromatic N) is 2. The van der Waals surface area contributed by atoms with Gasteiger partial charge >= 0.3 is 0 Å². The molecule has 0 bridgehead atoms. The Kier molecular flexibility index (Phi) is 6.15. The molecule has 2 amide bonds. The number of benzene rings is 3. The van der Waals surface area contributed by atoms with Crippen molar-refractivity contribution >= 4 is 67.4 Å². The average Bonchev–Trinajstić information content (AvgIpc) is 3.29. The number of amides is 2. The van der Waals surface area contributed by atoms with Gasteiger partial charge in [-0.3, -0.25) is 14.5 Å². The van der Waals surface area contributed by atoms with Gasteiger partial charge in [0.2, 0.25) is 0 Å². The number of rotatable bonds is 5. The van der Waals surface area contributed by atoms with Crippen LogP contribution in [0.3, 0.4) is 0 Å². The molecule has 2 heterocycles. The molecule has 1 aliphatic rings. The summed E-state index contributed by atoms with van der Waals surface area (Å²) in [7, 11) is 0. The van der Waals surface area contributed by atoms with Crippen molar-refractivity contribution in [3.63, 3.8) is 0 Å². The number of fused-ring (bicyclic) bond motifs is 1. The fourth-order valence-electron chi connectivity index (χ4n) is 3.88. The van der Waals surface area contributed by atoms with Crippen molar-refractivity contribution in [2.75, 3.05) is 0 Å². The Bertz CT molecular complexity index is 1410. The minimum absolute atomic E-state index is 0.160. The van der Waals surface area contributed by atoms with E-state index in [-0.39, 0.29) is 17.7 Å². The summed E-state index contributed by atoms with van der Waals surface area (Å²) >= 11 is 10.7. The van der Waals surface area contributed by atoms with E-state index in [1.807, 2.05) is 60.8 Å². The highest BCUT2D eigenvalue weighted by atomic mass is 79.9. The zero-order chi connectivity index (χ0) is 22.9. The SMILES string of the molecule is O=C1S/C(=C\c2cn(Cc3ccc(Br)cc3)c3ccccc23)C(=O)N1Cc1ccccc1Cl. The molecule has 0 spiro atoms. The van der Waals surface area contributed by atoms with Crippen molar-refractivity contribution in [2.45, 2.75) is 13.1 Å². The van der Waals surface area contributed by atoms with E-state index in [4.69, 9.17) is 11.6 Å². The van der Waals surface area contributed by atoms with Crippen LogP contribution >= 0.6 is 39.3 Å². The summed E-state index contributed by atoms with van der Waals surface area (Å²) in [5.74, 6) is -0.297. The number of thioether (sulfide) groups is 1. The normalized spacial score (nSPS) is 15.2. The molecule has 164 valence electrons. The third kappa shape index (κ3) is 4.51. The van der Waals surface area contributed by atoms with Crippen molar-refractivity contribution in [3.8, 4) is 0 Å². The summed E-state index contributed by atoms with van der Waals surface area (Å²) in [6.45, 7) is 0.864. The molecule has 0 unspecified atom stereocenters. The highest BCUT2D eigenvalue weighted by molar-refractivity contribution is 9.10. The Balaban J connectivity index is 1.46. The van der Waals surface area contributed by atoms with Crippen molar-refractivity contribution in [1.82, 2.24) is 9.47 Å². The molecule has 7 heteroatoms. The van der Waals surface area contributed by atoms with Crippen molar-refractivity contribution in [1.29, 1.82) is 0 Å². The van der Waals surface area contributed by atoms with E-state index >= 15 is 0 Å². The molecule has 1 saturated heterocycles. The van der Waals surface area contributed by atoms with Crippen LogP contribution in [-0.2, 0) is 17.9 Å². The van der Waals surface area contributed by atoms with Gasteiger partial charge in [0.1, 0.15) is 0 Å². The highest BCUT2D eigenvalue weighted by Crippen LogP contribution is 2.35. The first-order valence-electron chi connectivity index (χ1n) is 10.3. The first-order valence-corrected chi connectivity index (χ1v) is 12.3. The number of imide groups is 1. The molecule has 4 nitrogen and oxygen atoms in total. The summed E-state index contributed by atoms with van der Waals surface area (Å²) < 4.78 is 3.20. The van der Waals surface area contributed by atoms with Gasteiger partial charge in [-0.05, 0) is 53.2 Å². The van der Waals surface area contributed by atoms with Gasteiger partial charge in [-0.2, -0.15) is 0 Å². The largest absolute Gasteiger partial charge is 0.342 e. The van der Waals surface area contributed by atoms with Crippen LogP contribution in [-0.4, -0.2) is 20.6 Å². The van der Waals surface area contributed by atoms with E-state index in [9.17, 15) is 9.59 Å². The van der Waals surface area contributed by atoms with E-state index in [1.165, 1.54) is 10.5 Å². The van der Waals surface area contributed by atoms with Gasteiger partial charge in [0.25, 0.3) is 11.1 Å². The monoisotopic (exact) mass is 536 g/mol. The standard InChI is InChI=1S/C26H18BrClN2O2S/c27-20-11-9-17(10-12-20)14-29-15-19(21-6-2-4-8-23(21)29)13-24-25(31)30(26(32)33-24)16-18-5-1-3-7-22(18)28/h1-13,15H,14,16H2/b24-13-. The third-order valence-electron chi connectivity index (χ3n) is 5.53. The van der Waals surface area contributed by atoms with Gasteiger partial charge < -0.3 is 4.57 Å². The molecule has 5 rings (SSSR count). The van der Waals surface area contributed by atoms with Crippen molar-refractivity contribution < 1.29 is 9.59 Å². The molecule has 33 heavy (non-hydrogen) atoms. The summed E-state index contributed by atoms with van der Waals surface area (Å²) in [5, 5.41) is 1.29. The number of carbonyl (C=O) groups is 2. The summed E-state index contributed by atoms with van der Waals surface area (Å²) in [5.41, 5.74) is 3.90. The van der Waals surface area contributed by atoms with Gasteiger partial charge in [0.05, 0.1) is 11.4 Å². The summed E-state index contributed by atoms with van der Waals surface area (Å²) in [4.78, 5) is 27.3. The number of hydrogen-bond acceptors (Lipinski definition) is 3. The maximum Gasteiger partial charge on any atom is 0.293 e. The molecule has 0 radical (unpaired) electrons. The molecule has 1 aromatic heterocycles. The van der Waals surface area contributed by atoms with Gasteiger partial charge in [0, 0.05) is 38.7 Å². The van der Waals surface area contributed by atoms with Crippen LogP contribution in [0.15, 0.2) is 88.4 Å². The first kappa shape index (κ1) is 22.0. The van der Waals surface area contributed by atoms with Crippen LogP contribution in [0.2, 0.25) is 5.02 Å². The molecular weight excluding hydrogens is 520 g/mol. The lowest BCUT2D eigenvalue weighted by molar-refractivity contribution is -0.123. The first-order chi connectivity index (χ1) is 16.0. The quantitative estimate of drug-likeness (QED) is 0.250. The highest BCUT2D eigenvalue weighted by Gasteiger charge is 2.35. The van der Waals surface area contributed by atoms with Crippen LogP contribution < -0.4 is 0 Å². The molecule has 0 N–H and O–H groups in total. The van der Waals surface area contributed by atoms with Gasteiger partial charge in [0.15, 0.2) is 0 Å². The lowest BCUT2D eigenvalue weighted by Gasteiger charge is -2.13. The topological polar surface area (TPSA) is 42.3 Å². The van der Waals surface area contributed by atoms with Crippen LogP contribution in [0.25, 0.3) is 17.0 Å². The van der Waals surface area contributed by atoms with Crippen LogP contribution in [0.1, 0.15) is 16.7 Å². The summed E-state index contributed by atoms with van der Waals surface area (Å²) in [6, 6.07) is 23.5. The fraction of sp³-hybridized carbons (Fsp3) is 0.0769. The van der Waals surface area contributed by atoms with Crippen LogP contribution in [0.5, 0.6) is 0 Å². The van der Waals surface area contributed by atoms with E-state index < -0.39 is 0 Å². The van der Waals surface area contributed by atoms with E-state index in [0.717, 1.165) is 38.3 Å². The molecule has 4 aromatic rings. The maximum absolute atomic E-state index is 13.1.